The molecule has 5 nitrogen and oxygen atoms in total. The molecule has 3 atom stereocenters. The third kappa shape index (κ3) is 1.46. The van der Waals surface area contributed by atoms with Gasteiger partial charge in [-0.2, -0.15) is 0 Å². The number of amides is 1. The van der Waals surface area contributed by atoms with Crippen molar-refractivity contribution in [1.29, 1.82) is 0 Å². The van der Waals surface area contributed by atoms with Crippen molar-refractivity contribution < 1.29 is 19.1 Å². The molecule has 2 aliphatic rings. The Morgan fingerprint density at radius 3 is 2.78 bits per heavy atom. The predicted octanol–water partition coefficient (Wildman–Crippen LogP) is 1.67. The number of aliphatic carboxylic acids is 1. The van der Waals surface area contributed by atoms with Crippen LogP contribution in [0.25, 0.3) is 0 Å². The van der Waals surface area contributed by atoms with Gasteiger partial charge in [0.1, 0.15) is 5.76 Å². The average Bonchev–Trinajstić information content (AvgIpc) is 3.01. The smallest absolute Gasteiger partial charge is 0.308 e. The molecule has 1 amide bonds. The van der Waals surface area contributed by atoms with E-state index in [0.717, 1.165) is 12.8 Å². The minimum atomic E-state index is -0.788. The van der Waals surface area contributed by atoms with Gasteiger partial charge < -0.3 is 14.4 Å². The van der Waals surface area contributed by atoms with Gasteiger partial charge in [-0.1, -0.05) is 0 Å². The Morgan fingerprint density at radius 2 is 2.22 bits per heavy atom. The van der Waals surface area contributed by atoms with Gasteiger partial charge in [-0.3, -0.25) is 9.59 Å². The highest BCUT2D eigenvalue weighted by atomic mass is 16.4. The van der Waals surface area contributed by atoms with E-state index >= 15 is 0 Å². The van der Waals surface area contributed by atoms with Crippen LogP contribution in [0, 0.1) is 12.8 Å². The highest BCUT2D eigenvalue weighted by Crippen LogP contribution is 2.42. The highest BCUT2D eigenvalue weighted by Gasteiger charge is 2.51. The Morgan fingerprint density at radius 1 is 1.44 bits per heavy atom. The summed E-state index contributed by atoms with van der Waals surface area (Å²) >= 11 is 0. The zero-order chi connectivity index (χ0) is 12.9. The van der Waals surface area contributed by atoms with Crippen molar-refractivity contribution in [3.05, 3.63) is 23.7 Å². The Bertz CT molecular complexity index is 507. The van der Waals surface area contributed by atoms with Crippen LogP contribution in [-0.4, -0.2) is 34.0 Å². The van der Waals surface area contributed by atoms with E-state index < -0.39 is 11.9 Å². The maximum absolute atomic E-state index is 12.4. The molecule has 0 aromatic carbocycles. The fourth-order valence-corrected chi connectivity index (χ4v) is 3.32. The van der Waals surface area contributed by atoms with Crippen molar-refractivity contribution in [2.75, 3.05) is 0 Å². The normalized spacial score (nSPS) is 29.8. The van der Waals surface area contributed by atoms with Crippen molar-refractivity contribution in [2.24, 2.45) is 5.92 Å². The number of hydrogen-bond donors (Lipinski definition) is 1. The number of nitrogens with zero attached hydrogens (tertiary/aromatic N) is 1. The minimum Gasteiger partial charge on any atom is -0.481 e. The van der Waals surface area contributed by atoms with Crippen LogP contribution in [0.15, 0.2) is 16.7 Å². The average molecular weight is 249 g/mol. The number of hydrogen-bond acceptors (Lipinski definition) is 3. The summed E-state index contributed by atoms with van der Waals surface area (Å²) in [5.74, 6) is -0.681. The summed E-state index contributed by atoms with van der Waals surface area (Å²) in [5.41, 5.74) is 0.554. The first-order chi connectivity index (χ1) is 8.59. The fourth-order valence-electron chi connectivity index (χ4n) is 3.32. The largest absolute Gasteiger partial charge is 0.481 e. The number of furan rings is 1. The van der Waals surface area contributed by atoms with Crippen LogP contribution in [0.3, 0.4) is 0 Å². The molecule has 0 spiro atoms. The Labute approximate surface area is 104 Å². The zero-order valence-electron chi connectivity index (χ0n) is 10.1. The second-order valence-corrected chi connectivity index (χ2v) is 5.08. The zero-order valence-corrected chi connectivity index (χ0v) is 10.1. The molecule has 18 heavy (non-hydrogen) atoms. The molecule has 0 aliphatic carbocycles. The lowest BCUT2D eigenvalue weighted by Crippen LogP contribution is -2.37. The van der Waals surface area contributed by atoms with Gasteiger partial charge in [0.05, 0.1) is 17.7 Å². The van der Waals surface area contributed by atoms with E-state index in [4.69, 9.17) is 9.52 Å². The van der Waals surface area contributed by atoms with E-state index in [0.29, 0.717) is 17.7 Å². The molecule has 3 rings (SSSR count). The monoisotopic (exact) mass is 249 g/mol. The summed E-state index contributed by atoms with van der Waals surface area (Å²) in [6.45, 7) is 1.75. The molecule has 0 radical (unpaired) electrons. The SMILES string of the molecule is Cc1occc1C(=O)N1C2CCC1C(C(=O)O)C2. The van der Waals surface area contributed by atoms with E-state index in [1.54, 1.807) is 17.9 Å². The standard InChI is InChI=1S/C13H15NO4/c1-7-9(4-5-18-7)12(15)14-8-2-3-11(14)10(6-8)13(16)17/h4-5,8,10-11H,2-3,6H2,1H3,(H,16,17). The Kier molecular flexibility index (Phi) is 2.43. The summed E-state index contributed by atoms with van der Waals surface area (Å²) in [5, 5.41) is 9.16. The summed E-state index contributed by atoms with van der Waals surface area (Å²) in [4.78, 5) is 25.3. The molecule has 5 heteroatoms. The van der Waals surface area contributed by atoms with E-state index in [1.807, 2.05) is 0 Å². The molecule has 2 aliphatic heterocycles. The third-order valence-corrected chi connectivity index (χ3v) is 4.18. The topological polar surface area (TPSA) is 70.8 Å². The molecule has 1 aromatic heterocycles. The Balaban J connectivity index is 1.88. The van der Waals surface area contributed by atoms with Crippen LogP contribution in [0.2, 0.25) is 0 Å². The molecular weight excluding hydrogens is 234 g/mol. The van der Waals surface area contributed by atoms with Gasteiger partial charge >= 0.3 is 5.97 Å². The van der Waals surface area contributed by atoms with E-state index in [-0.39, 0.29) is 18.0 Å². The molecule has 2 saturated heterocycles. The molecule has 1 aromatic rings. The lowest BCUT2D eigenvalue weighted by Gasteiger charge is -2.22. The number of aryl methyl sites for hydroxylation is 1. The Hall–Kier alpha value is -1.78. The van der Waals surface area contributed by atoms with Gasteiger partial charge in [-0.05, 0) is 32.3 Å². The molecule has 2 fully saturated rings. The molecule has 3 unspecified atom stereocenters. The van der Waals surface area contributed by atoms with Crippen LogP contribution in [0.4, 0.5) is 0 Å². The summed E-state index contributed by atoms with van der Waals surface area (Å²) in [6.07, 6.45) is 3.79. The minimum absolute atomic E-state index is 0.0814. The van der Waals surface area contributed by atoms with Crippen LogP contribution >= 0.6 is 0 Å². The number of rotatable bonds is 2. The van der Waals surface area contributed by atoms with Gasteiger partial charge in [-0.25, -0.2) is 0 Å². The van der Waals surface area contributed by atoms with Crippen molar-refractivity contribution in [2.45, 2.75) is 38.3 Å². The second-order valence-electron chi connectivity index (χ2n) is 5.08. The van der Waals surface area contributed by atoms with E-state index in [2.05, 4.69) is 0 Å². The first-order valence-corrected chi connectivity index (χ1v) is 6.19. The summed E-state index contributed by atoms with van der Waals surface area (Å²) < 4.78 is 5.15. The summed E-state index contributed by atoms with van der Waals surface area (Å²) in [7, 11) is 0. The number of carboxylic acids is 1. The quantitative estimate of drug-likeness (QED) is 0.865. The third-order valence-electron chi connectivity index (χ3n) is 4.18. The second kappa shape index (κ2) is 3.86. The van der Waals surface area contributed by atoms with Crippen LogP contribution in [-0.2, 0) is 4.79 Å². The van der Waals surface area contributed by atoms with Gasteiger partial charge in [0.25, 0.3) is 5.91 Å². The van der Waals surface area contributed by atoms with Crippen molar-refractivity contribution >= 4 is 11.9 Å². The van der Waals surface area contributed by atoms with Crippen LogP contribution in [0.1, 0.15) is 35.4 Å². The van der Waals surface area contributed by atoms with E-state index in [1.165, 1.54) is 6.26 Å². The highest BCUT2D eigenvalue weighted by molar-refractivity contribution is 5.96. The maximum Gasteiger partial charge on any atom is 0.308 e. The number of carboxylic acid groups (broad SMARTS) is 1. The van der Waals surface area contributed by atoms with Crippen LogP contribution < -0.4 is 0 Å². The molecule has 3 heterocycles. The van der Waals surface area contributed by atoms with E-state index in [9.17, 15) is 9.59 Å². The predicted molar refractivity (Wildman–Crippen MR) is 62.2 cm³/mol. The molecule has 0 saturated carbocycles. The van der Waals surface area contributed by atoms with Gasteiger partial charge in [0, 0.05) is 12.1 Å². The van der Waals surface area contributed by atoms with Crippen molar-refractivity contribution in [1.82, 2.24) is 4.90 Å². The molecule has 96 valence electrons. The van der Waals surface area contributed by atoms with Gasteiger partial charge in [0.2, 0.25) is 0 Å². The lowest BCUT2D eigenvalue weighted by molar-refractivity contribution is -0.142. The number of carbonyl (C=O) groups excluding carboxylic acids is 1. The van der Waals surface area contributed by atoms with Gasteiger partial charge in [-0.15, -0.1) is 0 Å². The maximum atomic E-state index is 12.4. The molecular formula is C13H15NO4. The number of fused-ring (bicyclic) bond motifs is 2. The summed E-state index contributed by atoms with van der Waals surface area (Å²) in [6, 6.07) is 1.60. The molecule has 2 bridgehead atoms. The van der Waals surface area contributed by atoms with Crippen molar-refractivity contribution in [3.63, 3.8) is 0 Å². The van der Waals surface area contributed by atoms with Crippen molar-refractivity contribution in [3.8, 4) is 0 Å². The first kappa shape index (κ1) is 11.3. The van der Waals surface area contributed by atoms with Crippen LogP contribution in [0.5, 0.6) is 0 Å². The molecule has 1 N–H and O–H groups in total. The number of carbonyl (C=O) groups is 2. The first-order valence-electron chi connectivity index (χ1n) is 6.19. The fraction of sp³-hybridized carbons (Fsp3) is 0.538. The van der Waals surface area contributed by atoms with Gasteiger partial charge in [0.15, 0.2) is 0 Å². The lowest BCUT2D eigenvalue weighted by atomic mass is 9.89.